The number of halogens is 2. The number of nitrogens with zero attached hydrogens (tertiary/aromatic N) is 5. The van der Waals surface area contributed by atoms with Crippen LogP contribution in [0.4, 0.5) is 20.2 Å². The van der Waals surface area contributed by atoms with Gasteiger partial charge in [-0.05, 0) is 17.5 Å². The first-order chi connectivity index (χ1) is 9.95. The number of nitro groups is 1. The number of azide groups is 1. The Bertz CT molecular complexity index is 660. The van der Waals surface area contributed by atoms with Gasteiger partial charge in [0.05, 0.1) is 4.92 Å². The van der Waals surface area contributed by atoms with Gasteiger partial charge in [-0.2, -0.15) is 0 Å². The Balaban J connectivity index is 2.42. The van der Waals surface area contributed by atoms with Gasteiger partial charge >= 0.3 is 0 Å². The van der Waals surface area contributed by atoms with Crippen molar-refractivity contribution in [1.82, 2.24) is 0 Å². The molecular formula is C11H9F2N5O3. The predicted molar refractivity (Wildman–Crippen MR) is 67.5 cm³/mol. The lowest BCUT2D eigenvalue weighted by Gasteiger charge is -2.17. The highest BCUT2D eigenvalue weighted by atomic mass is 19.2. The lowest BCUT2D eigenvalue weighted by Crippen LogP contribution is -2.27. The average molecular weight is 297 g/mol. The van der Waals surface area contributed by atoms with Crippen LogP contribution < -0.4 is 4.90 Å². The molecule has 1 saturated heterocycles. The van der Waals surface area contributed by atoms with Crippen molar-refractivity contribution in [3.8, 4) is 0 Å². The lowest BCUT2D eigenvalue weighted by atomic mass is 10.1. The number of benzene rings is 1. The predicted octanol–water partition coefficient (Wildman–Crippen LogP) is 2.54. The topological polar surface area (TPSA) is 112 Å². The van der Waals surface area contributed by atoms with E-state index in [0.29, 0.717) is 6.07 Å². The molecule has 1 aliphatic heterocycles. The van der Waals surface area contributed by atoms with Gasteiger partial charge < -0.3 is 4.90 Å². The van der Waals surface area contributed by atoms with Gasteiger partial charge in [-0.1, -0.05) is 5.11 Å². The number of hydrogen-bond donors (Lipinski definition) is 0. The van der Waals surface area contributed by atoms with Gasteiger partial charge in [0.15, 0.2) is 17.3 Å². The van der Waals surface area contributed by atoms with Crippen LogP contribution in [0.1, 0.15) is 6.42 Å². The smallest absolute Gasteiger partial charge is 0.296 e. The van der Waals surface area contributed by atoms with Crippen molar-refractivity contribution in [1.29, 1.82) is 0 Å². The van der Waals surface area contributed by atoms with Crippen molar-refractivity contribution < 1.29 is 18.5 Å². The maximum Gasteiger partial charge on any atom is 0.296 e. The molecule has 1 amide bonds. The monoisotopic (exact) mass is 297 g/mol. The first-order valence-corrected chi connectivity index (χ1v) is 5.89. The Labute approximate surface area is 116 Å². The van der Waals surface area contributed by atoms with Gasteiger partial charge in [0, 0.05) is 30.5 Å². The Kier molecular flexibility index (Phi) is 3.99. The standard InChI is InChI=1S/C11H9F2N5O3/c12-7-1-2-8(18(20)21)11(10(7)13)17-5-6(3-9(17)19)4-15-16-14/h1-2,6H,3-5H2. The van der Waals surface area contributed by atoms with Gasteiger partial charge in [0.2, 0.25) is 5.91 Å². The summed E-state index contributed by atoms with van der Waals surface area (Å²) in [6.45, 7) is -0.0669. The van der Waals surface area contributed by atoms with E-state index in [4.69, 9.17) is 5.53 Å². The normalized spacial score (nSPS) is 17.7. The van der Waals surface area contributed by atoms with Crippen LogP contribution in [-0.2, 0) is 4.79 Å². The third-order valence-corrected chi connectivity index (χ3v) is 3.12. The number of carbonyl (C=O) groups excluding carboxylic acids is 1. The number of anilines is 1. The van der Waals surface area contributed by atoms with Crippen molar-refractivity contribution >= 4 is 17.3 Å². The van der Waals surface area contributed by atoms with Gasteiger partial charge in [0.25, 0.3) is 5.69 Å². The molecule has 10 heteroatoms. The van der Waals surface area contributed by atoms with E-state index >= 15 is 0 Å². The number of rotatable bonds is 4. The minimum Gasteiger partial charge on any atom is -0.304 e. The zero-order valence-corrected chi connectivity index (χ0v) is 10.6. The highest BCUT2D eigenvalue weighted by Crippen LogP contribution is 2.36. The second kappa shape index (κ2) is 5.71. The summed E-state index contributed by atoms with van der Waals surface area (Å²) >= 11 is 0. The lowest BCUT2D eigenvalue weighted by molar-refractivity contribution is -0.384. The fourth-order valence-corrected chi connectivity index (χ4v) is 2.21. The Hall–Kier alpha value is -2.74. The van der Waals surface area contributed by atoms with E-state index in [0.717, 1.165) is 11.0 Å². The number of hydrogen-bond acceptors (Lipinski definition) is 4. The second-order valence-electron chi connectivity index (χ2n) is 4.47. The van der Waals surface area contributed by atoms with Crippen molar-refractivity contribution in [2.45, 2.75) is 6.42 Å². The van der Waals surface area contributed by atoms with Crippen molar-refractivity contribution in [3.05, 3.63) is 44.3 Å². The molecule has 0 spiro atoms. The average Bonchev–Trinajstić information content (AvgIpc) is 2.80. The quantitative estimate of drug-likeness (QED) is 0.280. The molecule has 0 aliphatic carbocycles. The minimum atomic E-state index is -1.44. The summed E-state index contributed by atoms with van der Waals surface area (Å²) in [5.41, 5.74) is 6.86. The SMILES string of the molecule is [N-]=[N+]=NCC1CC(=O)N(c2c([N+](=O)[O-])ccc(F)c2F)C1. The van der Waals surface area contributed by atoms with Gasteiger partial charge in [-0.3, -0.25) is 14.9 Å². The molecule has 0 bridgehead atoms. The summed E-state index contributed by atoms with van der Waals surface area (Å²) in [4.78, 5) is 25.3. The van der Waals surface area contributed by atoms with E-state index < -0.39 is 39.8 Å². The van der Waals surface area contributed by atoms with Crippen LogP contribution in [-0.4, -0.2) is 23.9 Å². The van der Waals surface area contributed by atoms with Gasteiger partial charge in [-0.25, -0.2) is 8.78 Å². The molecule has 110 valence electrons. The van der Waals surface area contributed by atoms with E-state index in [2.05, 4.69) is 10.0 Å². The molecule has 1 fully saturated rings. The first-order valence-electron chi connectivity index (χ1n) is 5.89. The molecule has 1 unspecified atom stereocenters. The number of carbonyl (C=O) groups is 1. The van der Waals surface area contributed by atoms with Crippen LogP contribution >= 0.6 is 0 Å². The summed E-state index contributed by atoms with van der Waals surface area (Å²) < 4.78 is 27.2. The van der Waals surface area contributed by atoms with E-state index in [-0.39, 0.29) is 19.5 Å². The van der Waals surface area contributed by atoms with Gasteiger partial charge in [0.1, 0.15) is 0 Å². The highest BCUT2D eigenvalue weighted by Gasteiger charge is 2.36. The maximum absolute atomic E-state index is 13.9. The zero-order chi connectivity index (χ0) is 15.6. The molecule has 0 aromatic heterocycles. The number of nitro benzene ring substituents is 1. The molecule has 1 aromatic carbocycles. The minimum absolute atomic E-state index is 0.00344. The van der Waals surface area contributed by atoms with Crippen LogP contribution in [0.15, 0.2) is 17.2 Å². The Morgan fingerprint density at radius 3 is 2.86 bits per heavy atom. The van der Waals surface area contributed by atoms with E-state index in [9.17, 15) is 23.7 Å². The van der Waals surface area contributed by atoms with Crippen LogP contribution in [0.2, 0.25) is 0 Å². The van der Waals surface area contributed by atoms with Crippen LogP contribution in [0.5, 0.6) is 0 Å². The summed E-state index contributed by atoms with van der Waals surface area (Å²) in [5.74, 6) is -3.69. The van der Waals surface area contributed by atoms with Crippen LogP contribution in [0.25, 0.3) is 10.4 Å². The molecule has 1 aliphatic rings. The molecule has 21 heavy (non-hydrogen) atoms. The van der Waals surface area contributed by atoms with Crippen LogP contribution in [0, 0.1) is 27.7 Å². The zero-order valence-electron chi connectivity index (χ0n) is 10.6. The molecule has 0 N–H and O–H groups in total. The summed E-state index contributed by atoms with van der Waals surface area (Å²) in [7, 11) is 0. The van der Waals surface area contributed by atoms with E-state index in [1.54, 1.807) is 0 Å². The summed E-state index contributed by atoms with van der Waals surface area (Å²) in [5, 5.41) is 14.2. The fraction of sp³-hybridized carbons (Fsp3) is 0.364. The van der Waals surface area contributed by atoms with Crippen molar-refractivity contribution in [2.24, 2.45) is 11.0 Å². The molecule has 1 aromatic rings. The largest absolute Gasteiger partial charge is 0.304 e. The van der Waals surface area contributed by atoms with Crippen LogP contribution in [0.3, 0.4) is 0 Å². The Morgan fingerprint density at radius 1 is 1.52 bits per heavy atom. The summed E-state index contributed by atoms with van der Waals surface area (Å²) in [6.07, 6.45) is -0.0495. The van der Waals surface area contributed by atoms with Gasteiger partial charge in [-0.15, -0.1) is 0 Å². The first kappa shape index (κ1) is 14.7. The van der Waals surface area contributed by atoms with Crippen molar-refractivity contribution in [3.63, 3.8) is 0 Å². The van der Waals surface area contributed by atoms with Crippen molar-refractivity contribution in [2.75, 3.05) is 18.0 Å². The molecule has 8 nitrogen and oxygen atoms in total. The fourth-order valence-electron chi connectivity index (χ4n) is 2.21. The van der Waals surface area contributed by atoms with E-state index in [1.165, 1.54) is 0 Å². The molecule has 0 radical (unpaired) electrons. The number of amides is 1. The third kappa shape index (κ3) is 2.75. The molecular weight excluding hydrogens is 288 g/mol. The van der Waals surface area contributed by atoms with E-state index in [1.807, 2.05) is 0 Å². The molecule has 1 atom stereocenters. The summed E-state index contributed by atoms with van der Waals surface area (Å²) in [6, 6.07) is 1.44. The third-order valence-electron chi connectivity index (χ3n) is 3.12. The molecule has 1 heterocycles. The maximum atomic E-state index is 13.9. The second-order valence-corrected chi connectivity index (χ2v) is 4.47. The molecule has 2 rings (SSSR count). The molecule has 0 saturated carbocycles. The highest BCUT2D eigenvalue weighted by molar-refractivity contribution is 5.98. The Morgan fingerprint density at radius 2 is 2.24 bits per heavy atom.